The minimum Gasteiger partial charge on any atom is -0.410 e. The summed E-state index contributed by atoms with van der Waals surface area (Å²) in [5.41, 5.74) is 2.56. The van der Waals surface area contributed by atoms with E-state index < -0.39 is 6.09 Å². The van der Waals surface area contributed by atoms with E-state index in [9.17, 15) is 4.79 Å². The van der Waals surface area contributed by atoms with Gasteiger partial charge in [0, 0.05) is 24.7 Å². The lowest BCUT2D eigenvalue weighted by Gasteiger charge is -2.27. The van der Waals surface area contributed by atoms with Crippen LogP contribution >= 0.6 is 0 Å². The van der Waals surface area contributed by atoms with E-state index in [1.54, 1.807) is 0 Å². The van der Waals surface area contributed by atoms with E-state index in [-0.39, 0.29) is 5.41 Å². The molecule has 0 bridgehead atoms. The van der Waals surface area contributed by atoms with Crippen LogP contribution in [0.15, 0.2) is 18.2 Å². The van der Waals surface area contributed by atoms with Gasteiger partial charge < -0.3 is 15.0 Å². The predicted molar refractivity (Wildman–Crippen MR) is 78.3 cm³/mol. The van der Waals surface area contributed by atoms with E-state index in [0.29, 0.717) is 18.5 Å². The molecule has 2 N–H and O–H groups in total. The van der Waals surface area contributed by atoms with E-state index in [0.717, 1.165) is 13.0 Å². The third kappa shape index (κ3) is 1.85. The Morgan fingerprint density at radius 2 is 2.40 bits per heavy atom. The molecule has 0 aromatic heterocycles. The fraction of sp³-hybridized carbons (Fsp3) is 0.533. The minimum atomic E-state index is -0.398. The third-order valence-corrected chi connectivity index (χ3v) is 4.47. The molecule has 5 heteroatoms. The van der Waals surface area contributed by atoms with E-state index in [2.05, 4.69) is 29.5 Å². The smallest absolute Gasteiger partial charge is 0.410 e. The highest BCUT2D eigenvalue weighted by atomic mass is 16.6. The zero-order valence-electron chi connectivity index (χ0n) is 12.2. The number of rotatable bonds is 2. The number of fused-ring (bicyclic) bond motifs is 3. The van der Waals surface area contributed by atoms with Crippen LogP contribution in [-0.4, -0.2) is 32.4 Å². The maximum Gasteiger partial charge on any atom is 0.412 e. The van der Waals surface area contributed by atoms with Crippen LogP contribution in [-0.2, 0) is 5.41 Å². The number of amides is 1. The van der Waals surface area contributed by atoms with Crippen molar-refractivity contribution in [2.75, 3.05) is 25.0 Å². The van der Waals surface area contributed by atoms with Gasteiger partial charge in [-0.3, -0.25) is 5.32 Å². The second-order valence-electron chi connectivity index (χ2n) is 5.73. The minimum absolute atomic E-state index is 0.0880. The molecule has 1 aromatic carbocycles. The Morgan fingerprint density at radius 3 is 3.15 bits per heavy atom. The fourth-order valence-corrected chi connectivity index (χ4v) is 3.45. The molecule has 20 heavy (non-hydrogen) atoms. The van der Waals surface area contributed by atoms with E-state index in [1.165, 1.54) is 11.3 Å². The molecule has 1 aromatic rings. The van der Waals surface area contributed by atoms with Gasteiger partial charge in [-0.05, 0) is 43.7 Å². The van der Waals surface area contributed by atoms with Crippen LogP contribution in [0.25, 0.3) is 0 Å². The lowest BCUT2D eigenvalue weighted by atomic mass is 9.81. The van der Waals surface area contributed by atoms with Crippen LogP contribution in [0.3, 0.4) is 0 Å². The van der Waals surface area contributed by atoms with Crippen LogP contribution in [0.1, 0.15) is 25.8 Å². The number of nitrogens with one attached hydrogen (secondary N) is 2. The second kappa shape index (κ2) is 4.66. The number of nitrogens with zero attached hydrogens (tertiary/aromatic N) is 1. The normalized spacial score (nSPS) is 27.1. The zero-order chi connectivity index (χ0) is 14.3. The summed E-state index contributed by atoms with van der Waals surface area (Å²) in [5, 5.41) is 6.18. The summed E-state index contributed by atoms with van der Waals surface area (Å²) in [7, 11) is 2.11. The number of anilines is 1. The van der Waals surface area contributed by atoms with Crippen LogP contribution in [0, 0.1) is 0 Å². The van der Waals surface area contributed by atoms with Gasteiger partial charge in [-0.1, -0.05) is 6.92 Å². The molecule has 0 radical (unpaired) electrons. The Labute approximate surface area is 119 Å². The molecular weight excluding hydrogens is 254 g/mol. The van der Waals surface area contributed by atoms with Crippen molar-refractivity contribution >= 4 is 11.8 Å². The molecule has 2 aliphatic heterocycles. The molecule has 0 unspecified atom stereocenters. The van der Waals surface area contributed by atoms with Crippen molar-refractivity contribution in [3.63, 3.8) is 0 Å². The highest BCUT2D eigenvalue weighted by molar-refractivity contribution is 5.72. The lowest BCUT2D eigenvalue weighted by Crippen LogP contribution is -2.44. The van der Waals surface area contributed by atoms with E-state index in [4.69, 9.17) is 4.74 Å². The number of benzene rings is 1. The lowest BCUT2D eigenvalue weighted by molar-refractivity contribution is 0.201. The summed E-state index contributed by atoms with van der Waals surface area (Å²) >= 11 is 0. The first-order valence-electron chi connectivity index (χ1n) is 7.12. The van der Waals surface area contributed by atoms with Gasteiger partial charge in [0.2, 0.25) is 0 Å². The molecule has 2 atom stereocenters. The van der Waals surface area contributed by atoms with Crippen molar-refractivity contribution in [1.82, 2.24) is 10.6 Å². The van der Waals surface area contributed by atoms with Crippen molar-refractivity contribution in [2.24, 2.45) is 0 Å². The molecule has 0 aliphatic carbocycles. The van der Waals surface area contributed by atoms with Crippen molar-refractivity contribution < 1.29 is 9.53 Å². The molecule has 1 saturated heterocycles. The first-order chi connectivity index (χ1) is 9.56. The van der Waals surface area contributed by atoms with E-state index in [1.807, 2.05) is 25.1 Å². The Balaban J connectivity index is 1.92. The number of carbonyl (C=O) groups is 1. The van der Waals surface area contributed by atoms with Gasteiger partial charge in [-0.25, -0.2) is 4.79 Å². The molecule has 2 heterocycles. The number of hydrogen-bond acceptors (Lipinski definition) is 4. The predicted octanol–water partition coefficient (Wildman–Crippen LogP) is 1.82. The fourth-order valence-electron chi connectivity index (χ4n) is 3.45. The molecule has 2 aliphatic rings. The maximum atomic E-state index is 11.5. The summed E-state index contributed by atoms with van der Waals surface area (Å²) < 4.78 is 5.32. The average Bonchev–Trinajstić information content (AvgIpc) is 2.88. The number of hydrogen-bond donors (Lipinski definition) is 2. The van der Waals surface area contributed by atoms with Crippen molar-refractivity contribution in [1.29, 1.82) is 0 Å². The van der Waals surface area contributed by atoms with Gasteiger partial charge >= 0.3 is 6.09 Å². The van der Waals surface area contributed by atoms with Crippen LogP contribution in [0.4, 0.5) is 10.5 Å². The Kier molecular flexibility index (Phi) is 3.09. The summed E-state index contributed by atoms with van der Waals surface area (Å²) in [4.78, 5) is 13.8. The molecule has 5 nitrogen and oxygen atoms in total. The molecule has 1 amide bonds. The van der Waals surface area contributed by atoms with Crippen LogP contribution in [0.5, 0.6) is 5.75 Å². The van der Waals surface area contributed by atoms with Crippen molar-refractivity contribution in [2.45, 2.75) is 31.8 Å². The topological polar surface area (TPSA) is 53.6 Å². The second-order valence-corrected chi connectivity index (χ2v) is 5.73. The highest BCUT2D eigenvalue weighted by Crippen LogP contribution is 2.49. The summed E-state index contributed by atoms with van der Waals surface area (Å²) in [5.74, 6) is 0.608. The largest absolute Gasteiger partial charge is 0.412 e. The Hall–Kier alpha value is -1.75. The third-order valence-electron chi connectivity index (χ3n) is 4.47. The first-order valence-corrected chi connectivity index (χ1v) is 7.12. The average molecular weight is 275 g/mol. The summed E-state index contributed by atoms with van der Waals surface area (Å²) in [6, 6.07) is 5.90. The van der Waals surface area contributed by atoms with Crippen molar-refractivity contribution in [3.05, 3.63) is 23.8 Å². The van der Waals surface area contributed by atoms with Crippen molar-refractivity contribution in [3.8, 4) is 5.75 Å². The molecule has 108 valence electrons. The van der Waals surface area contributed by atoms with Crippen LogP contribution < -0.4 is 20.3 Å². The highest BCUT2D eigenvalue weighted by Gasteiger charge is 2.49. The maximum absolute atomic E-state index is 11.5. The van der Waals surface area contributed by atoms with Gasteiger partial charge in [-0.15, -0.1) is 0 Å². The summed E-state index contributed by atoms with van der Waals surface area (Å²) in [6.45, 7) is 5.73. The molecule has 1 fully saturated rings. The summed E-state index contributed by atoms with van der Waals surface area (Å²) in [6.07, 6.45) is 1.03. The number of ether oxygens (including phenoxy) is 1. The van der Waals surface area contributed by atoms with Crippen LogP contribution in [0.2, 0.25) is 0 Å². The standard InChI is InChI=1S/C15H21N3O2/c1-4-16-14(19)20-10-5-6-12-11(9-10)15(2)7-8-17-13(15)18(12)3/h5-6,9,13,17H,4,7-8H2,1-3H3,(H,16,19)/t13-,15+/m1/s1. The SMILES string of the molecule is CCNC(=O)Oc1ccc2c(c1)[C@]1(C)CCN[C@@H]1N2C. The number of likely N-dealkylation sites (N-methyl/N-ethyl adjacent to an activating group) is 1. The van der Waals surface area contributed by atoms with Gasteiger partial charge in [0.05, 0.1) is 6.17 Å². The van der Waals surface area contributed by atoms with Gasteiger partial charge in [0.1, 0.15) is 5.75 Å². The molecule has 3 rings (SSSR count). The monoisotopic (exact) mass is 275 g/mol. The van der Waals surface area contributed by atoms with Gasteiger partial charge in [-0.2, -0.15) is 0 Å². The Morgan fingerprint density at radius 1 is 1.60 bits per heavy atom. The van der Waals surface area contributed by atoms with E-state index >= 15 is 0 Å². The first kappa shape index (κ1) is 13.2. The van der Waals surface area contributed by atoms with Gasteiger partial charge in [0.25, 0.3) is 0 Å². The molecule has 0 spiro atoms. The number of carbonyl (C=O) groups excluding carboxylic acids is 1. The Bertz CT molecular complexity index is 546. The zero-order valence-corrected chi connectivity index (χ0v) is 12.2. The van der Waals surface area contributed by atoms with Gasteiger partial charge in [0.15, 0.2) is 0 Å². The quantitative estimate of drug-likeness (QED) is 0.864. The molecular formula is C15H21N3O2. The molecule has 0 saturated carbocycles.